The fourth-order valence-corrected chi connectivity index (χ4v) is 18.9. The number of aliphatic carboxylic acids is 3. The second-order valence-electron chi connectivity index (χ2n) is 39.2. The molecule has 0 aliphatic heterocycles. The van der Waals surface area contributed by atoms with Gasteiger partial charge in [0.1, 0.15) is 23.9 Å². The first-order chi connectivity index (χ1) is 68.7. The minimum atomic E-state index is -5.00. The van der Waals surface area contributed by atoms with Crippen molar-refractivity contribution in [2.75, 3.05) is 13.2 Å². The van der Waals surface area contributed by atoms with Crippen LogP contribution in [0.25, 0.3) is 67.5 Å². The molecule has 6 aromatic carbocycles. The zero-order valence-corrected chi connectivity index (χ0v) is 86.0. The van der Waals surface area contributed by atoms with E-state index in [0.29, 0.717) is 67.5 Å². The van der Waals surface area contributed by atoms with Crippen LogP contribution in [-0.2, 0) is 64.3 Å². The van der Waals surface area contributed by atoms with E-state index in [4.69, 9.17) is 9.47 Å². The summed E-state index contributed by atoms with van der Waals surface area (Å²) >= 11 is 4.21. The van der Waals surface area contributed by atoms with E-state index in [1.54, 1.807) is 86.3 Å². The lowest BCUT2D eigenvalue weighted by Gasteiger charge is -2.20. The highest BCUT2D eigenvalue weighted by Gasteiger charge is 2.35. The van der Waals surface area contributed by atoms with Crippen LogP contribution in [0.2, 0.25) is 0 Å². The van der Waals surface area contributed by atoms with Crippen molar-refractivity contribution in [2.24, 2.45) is 23.7 Å². The number of carbonyl (C=O) groups excluding carboxylic acids is 7. The number of carboxylic acids is 3. The molecule has 33 heteroatoms. The number of hydrogen-bond donors (Lipinski definition) is 6. The normalized spacial score (nSPS) is 13.6. The molecule has 1 aliphatic rings. The first-order valence-corrected chi connectivity index (χ1v) is 50.7. The van der Waals surface area contributed by atoms with Crippen LogP contribution >= 0.6 is 34.0 Å². The molecule has 25 nitrogen and oxygen atoms in total. The van der Waals surface area contributed by atoms with Crippen LogP contribution in [0.3, 0.4) is 0 Å². The smallest absolute Gasteiger partial charge is 0.491 e. The molecule has 145 heavy (non-hydrogen) atoms. The number of carbonyl (C=O) groups is 10. The second-order valence-corrected chi connectivity index (χ2v) is 42.4. The molecule has 1 fully saturated rings. The van der Waals surface area contributed by atoms with Crippen LogP contribution in [0, 0.1) is 35.3 Å². The molecule has 13 rings (SSSR count). The Morgan fingerprint density at radius 2 is 0.772 bits per heavy atom. The van der Waals surface area contributed by atoms with Crippen molar-refractivity contribution in [3.8, 4) is 84.8 Å². The fraction of sp³-hybridized carbons (Fsp3) is 0.375. The van der Waals surface area contributed by atoms with Gasteiger partial charge in [0.05, 0.1) is 27.8 Å². The van der Waals surface area contributed by atoms with Gasteiger partial charge in [-0.2, -0.15) is 0 Å². The van der Waals surface area contributed by atoms with Crippen molar-refractivity contribution in [3.63, 3.8) is 0 Å². The topological polar surface area (TPSA) is 373 Å². The van der Waals surface area contributed by atoms with Crippen molar-refractivity contribution in [3.05, 3.63) is 264 Å². The van der Waals surface area contributed by atoms with Gasteiger partial charge in [-0.1, -0.05) is 211 Å². The number of halogens is 5. The van der Waals surface area contributed by atoms with Crippen molar-refractivity contribution < 1.29 is 99.4 Å². The summed E-state index contributed by atoms with van der Waals surface area (Å²) in [5.41, 5.74) is 7.70. The number of amides is 3. The van der Waals surface area contributed by atoms with Gasteiger partial charge in [-0.3, -0.25) is 47.9 Å². The number of thiophene rings is 3. The molecule has 6 heterocycles. The third-order valence-electron chi connectivity index (χ3n) is 24.4. The Balaban J connectivity index is 0.000000207. The maximum atomic E-state index is 15.1. The van der Waals surface area contributed by atoms with Gasteiger partial charge in [-0.05, 0) is 164 Å². The van der Waals surface area contributed by atoms with E-state index < -0.39 is 101 Å². The van der Waals surface area contributed by atoms with Crippen LogP contribution in [0.4, 0.5) is 22.0 Å². The number of unbranched alkanes of at least 4 members (excludes halogenated alkanes) is 1. The van der Waals surface area contributed by atoms with E-state index in [0.717, 1.165) is 85.0 Å². The molecule has 0 bridgehead atoms. The lowest BCUT2D eigenvalue weighted by molar-refractivity contribution is -0.274. The average Bonchev–Trinajstić information content (AvgIpc) is 1.62. The Bertz CT molecular complexity index is 6490. The first kappa shape index (κ1) is 112. The minimum Gasteiger partial charge on any atom is -0.491 e. The number of nitrogens with one attached hydrogen (secondary N) is 3. The zero-order valence-electron chi connectivity index (χ0n) is 83.6. The molecule has 0 unspecified atom stereocenters. The number of nitrogens with zero attached hydrogens (tertiary/aromatic N) is 6. The molecule has 0 spiro atoms. The Hall–Kier alpha value is -13.8. The molecule has 6 atom stereocenters. The molecule has 3 amide bonds. The molecule has 12 aromatic rings. The number of hydrogen-bond acceptors (Lipinski definition) is 22. The standard InChI is InChI=1S/C41H47N3O5S.C36H40FN3O5S.C35H35F4N3O6S/c1-26(40(48)49)44-39(47)32(23-35(46)36-20-21-37(50-36)41(2,3)4)22-28-10-13-31(14-11-28)38-42-24-33(25-43-38)29-15-17-30(18-16-29)34(45)19-12-27-8-6-5-7-9-27;1-6-7-16-45-30-13-12-25(18-28(30)37)27-20-38-33(39-21-27)24-10-8-23(9-11-24)17-26(34(42)40-22(2)35(43)44)19-29(41)31-14-15-32(46-31)36(3,4)5;1-6-47-27-16-24(48-35(37,38)39)15-25(30(27)36)23-17-40-31(41-18-23)21-9-7-20(8-10-21)13-22(32(44)42-19(2)33(45)46)14-26(43)28-11-12-29(49-28)34(3,4)5/h10-11,13-18,20-21,24-27,32H,5-9,12,19,22-23H2,1-4H3,(H,44,47)(H,48,49);8-15,18,20-22,26H,6-7,16-17,19H2,1-5H3,(H,40,42)(H,43,44);7-12,15-19,22H,6,13-14H2,1-5H3,(H,42,44)(H,45,46)/t26-,32-;22-,26-;19-,22-/m111/s1. The minimum absolute atomic E-state index is 0.00731. The summed E-state index contributed by atoms with van der Waals surface area (Å²) in [5.74, 6) is -8.00. The highest BCUT2D eigenvalue weighted by atomic mass is 32.1. The first-order valence-electron chi connectivity index (χ1n) is 48.2. The molecular weight excluding hydrogens is 1920 g/mol. The molecule has 1 saturated carbocycles. The molecule has 0 radical (unpaired) electrons. The lowest BCUT2D eigenvalue weighted by Crippen LogP contribution is -2.42. The number of alkyl halides is 3. The number of carboxylic acid groups (broad SMARTS) is 3. The summed E-state index contributed by atoms with van der Waals surface area (Å²) in [6.45, 7) is 26.8. The predicted octanol–water partition coefficient (Wildman–Crippen LogP) is 23.9. The quantitative estimate of drug-likeness (QED) is 0.0118. The van der Waals surface area contributed by atoms with Crippen molar-refractivity contribution >= 4 is 92.8 Å². The van der Waals surface area contributed by atoms with E-state index in [-0.39, 0.29) is 107 Å². The third kappa shape index (κ3) is 32.6. The molecule has 6 N–H and O–H groups in total. The Morgan fingerprint density at radius 3 is 1.11 bits per heavy atom. The lowest BCUT2D eigenvalue weighted by atomic mass is 9.85. The van der Waals surface area contributed by atoms with Crippen molar-refractivity contribution in [2.45, 2.75) is 234 Å². The summed E-state index contributed by atoms with van der Waals surface area (Å²) in [5, 5.41) is 35.5. The monoisotopic (exact) mass is 2040 g/mol. The van der Waals surface area contributed by atoms with Gasteiger partial charge in [0.2, 0.25) is 17.7 Å². The van der Waals surface area contributed by atoms with Crippen LogP contribution in [0.1, 0.15) is 245 Å². The summed E-state index contributed by atoms with van der Waals surface area (Å²) in [6.07, 6.45) is 14.5. The number of ketones is 4. The van der Waals surface area contributed by atoms with Gasteiger partial charge >= 0.3 is 24.3 Å². The van der Waals surface area contributed by atoms with E-state index in [1.165, 1.54) is 105 Å². The second kappa shape index (κ2) is 50.6. The zero-order chi connectivity index (χ0) is 105. The number of rotatable bonds is 41. The molecular formula is C112H122F5N9O16S3. The largest absolute Gasteiger partial charge is 0.573 e. The van der Waals surface area contributed by atoms with E-state index in [2.05, 4.69) is 92.1 Å². The van der Waals surface area contributed by atoms with E-state index in [9.17, 15) is 80.8 Å². The summed E-state index contributed by atoms with van der Waals surface area (Å²) < 4.78 is 82.9. The maximum Gasteiger partial charge on any atom is 0.573 e. The van der Waals surface area contributed by atoms with Gasteiger partial charge in [0, 0.05) is 146 Å². The summed E-state index contributed by atoms with van der Waals surface area (Å²) in [6, 6.07) is 43.6. The molecule has 6 aromatic heterocycles. The number of ether oxygens (including phenoxy) is 3. The van der Waals surface area contributed by atoms with E-state index in [1.807, 2.05) is 119 Å². The fourth-order valence-electron chi connectivity index (χ4n) is 15.9. The van der Waals surface area contributed by atoms with Gasteiger partial charge in [0.25, 0.3) is 0 Å². The predicted molar refractivity (Wildman–Crippen MR) is 550 cm³/mol. The van der Waals surface area contributed by atoms with Crippen LogP contribution < -0.4 is 30.2 Å². The third-order valence-corrected chi connectivity index (χ3v) is 29.1. The molecule has 0 saturated heterocycles. The van der Waals surface area contributed by atoms with Gasteiger partial charge < -0.3 is 45.5 Å². The number of benzene rings is 6. The Labute approximate surface area is 852 Å². The van der Waals surface area contributed by atoms with Crippen molar-refractivity contribution in [1.29, 1.82) is 0 Å². The SMILES string of the molecule is CCCCOc1ccc(-c2cnc(-c3ccc(C[C@H](CC(=O)c4ccc(C(C)(C)C)s4)C(=O)N[C@H](C)C(=O)O)cc3)nc2)cc1F.CCOc1cc(OC(F)(F)F)cc(-c2cnc(-c3ccc(C[C@H](CC(=O)c4ccc(C(C)(C)C)s4)C(=O)N[C@H](C)C(=O)O)cc3)nc2)c1F.C[C@@H](NC(=O)[C@@H](CC(=O)c1ccc(C(C)(C)C)s1)Cc1ccc(-c2ncc(-c3ccc(C(=O)CCC4CCCCC4)cc3)cn2)cc1)C(=O)O. The van der Waals surface area contributed by atoms with Crippen LogP contribution in [-0.4, -0.2) is 142 Å². The van der Waals surface area contributed by atoms with Gasteiger partial charge in [0.15, 0.2) is 63.7 Å². The summed E-state index contributed by atoms with van der Waals surface area (Å²) in [7, 11) is 0. The van der Waals surface area contributed by atoms with Gasteiger partial charge in [-0.25, -0.2) is 38.7 Å². The van der Waals surface area contributed by atoms with Crippen LogP contribution in [0.5, 0.6) is 17.2 Å². The molecule has 1 aliphatic carbocycles. The number of aromatic nitrogens is 6. The molecule has 764 valence electrons. The summed E-state index contributed by atoms with van der Waals surface area (Å²) in [4.78, 5) is 158. The van der Waals surface area contributed by atoms with Crippen LogP contribution in [0.15, 0.2) is 201 Å². The average molecular weight is 2040 g/mol. The van der Waals surface area contributed by atoms with Crippen molar-refractivity contribution in [1.82, 2.24) is 45.9 Å². The highest BCUT2D eigenvalue weighted by molar-refractivity contribution is 7.15. The number of Topliss-reactive ketones (excluding diaryl/α,β-unsaturated/α-hetero) is 4. The Kier molecular flexibility index (Phi) is 39.0. The van der Waals surface area contributed by atoms with E-state index >= 15 is 4.39 Å². The Morgan fingerprint density at radius 1 is 0.414 bits per heavy atom. The highest BCUT2D eigenvalue weighted by Crippen LogP contribution is 2.40. The van der Waals surface area contributed by atoms with Gasteiger partial charge in [-0.15, -0.1) is 47.2 Å². The maximum absolute atomic E-state index is 15.1.